The Bertz CT molecular complexity index is 609. The molecule has 2 N–H and O–H groups in total. The van der Waals surface area contributed by atoms with Gasteiger partial charge in [-0.05, 0) is 37.7 Å². The first-order chi connectivity index (χ1) is 9.20. The van der Waals surface area contributed by atoms with Crippen LogP contribution in [0.4, 0.5) is 4.39 Å². The first kappa shape index (κ1) is 13.1. The number of aryl methyl sites for hydroxylation is 1. The third-order valence-electron chi connectivity index (χ3n) is 3.41. The van der Waals surface area contributed by atoms with Crippen LogP contribution in [0.3, 0.4) is 0 Å². The van der Waals surface area contributed by atoms with Gasteiger partial charge in [-0.25, -0.2) is 9.37 Å². The smallest absolute Gasteiger partial charge is 0.134 e. The minimum absolute atomic E-state index is 0.0123. The molecule has 0 spiro atoms. The second-order valence-corrected chi connectivity index (χ2v) is 6.57. The van der Waals surface area contributed by atoms with Crippen LogP contribution in [0.25, 0.3) is 10.6 Å². The van der Waals surface area contributed by atoms with Gasteiger partial charge >= 0.3 is 0 Å². The normalized spacial score (nSPS) is 18.4. The van der Waals surface area contributed by atoms with Crippen molar-refractivity contribution in [2.45, 2.75) is 30.2 Å². The van der Waals surface area contributed by atoms with Crippen molar-refractivity contribution in [2.75, 3.05) is 6.26 Å². The maximum atomic E-state index is 14.1. The Morgan fingerprint density at radius 3 is 3.05 bits per heavy atom. The summed E-state index contributed by atoms with van der Waals surface area (Å²) in [6, 6.07) is 5.18. The van der Waals surface area contributed by atoms with Crippen molar-refractivity contribution < 1.29 is 4.39 Å². The number of aromatic nitrogens is 1. The first-order valence-electron chi connectivity index (χ1n) is 6.28. The Labute approximate surface area is 120 Å². The standard InChI is InChI=1S/C14H15FN2S2/c1-18-10-6-2-4-8(15)12(10)14-17-13-9(16)5-3-7-11(13)19-14/h2,4,6,9H,3,5,7,16H2,1H3. The summed E-state index contributed by atoms with van der Waals surface area (Å²) < 4.78 is 14.1. The van der Waals surface area contributed by atoms with Gasteiger partial charge in [0.25, 0.3) is 0 Å². The Hall–Kier alpha value is -0.910. The summed E-state index contributed by atoms with van der Waals surface area (Å²) in [5.74, 6) is -0.202. The van der Waals surface area contributed by atoms with Crippen molar-refractivity contribution >= 4 is 23.1 Å². The zero-order chi connectivity index (χ0) is 13.4. The zero-order valence-corrected chi connectivity index (χ0v) is 12.3. The highest BCUT2D eigenvalue weighted by Crippen LogP contribution is 2.40. The number of rotatable bonds is 2. The molecule has 5 heteroatoms. The molecule has 0 saturated carbocycles. The molecule has 3 rings (SSSR count). The van der Waals surface area contributed by atoms with E-state index in [1.54, 1.807) is 29.2 Å². The highest BCUT2D eigenvalue weighted by atomic mass is 32.2. The molecule has 1 atom stereocenters. The molecule has 1 aromatic carbocycles. The van der Waals surface area contributed by atoms with Crippen LogP contribution in [0.2, 0.25) is 0 Å². The molecular formula is C14H15FN2S2. The van der Waals surface area contributed by atoms with E-state index in [1.165, 1.54) is 10.9 Å². The van der Waals surface area contributed by atoms with Crippen LogP contribution in [-0.4, -0.2) is 11.2 Å². The minimum atomic E-state index is -0.202. The average Bonchev–Trinajstić information content (AvgIpc) is 2.83. The Kier molecular flexibility index (Phi) is 3.60. The second kappa shape index (κ2) is 5.23. The number of thiazole rings is 1. The summed E-state index contributed by atoms with van der Waals surface area (Å²) in [5.41, 5.74) is 7.69. The maximum Gasteiger partial charge on any atom is 0.134 e. The molecule has 0 amide bonds. The molecule has 1 aromatic heterocycles. The molecule has 0 bridgehead atoms. The number of thioether (sulfide) groups is 1. The van der Waals surface area contributed by atoms with Crippen molar-refractivity contribution in [1.82, 2.24) is 4.98 Å². The highest BCUT2D eigenvalue weighted by molar-refractivity contribution is 7.98. The zero-order valence-electron chi connectivity index (χ0n) is 10.6. The first-order valence-corrected chi connectivity index (χ1v) is 8.33. The molecule has 0 radical (unpaired) electrons. The van der Waals surface area contributed by atoms with Gasteiger partial charge in [-0.3, -0.25) is 0 Å². The van der Waals surface area contributed by atoms with Crippen molar-refractivity contribution in [3.8, 4) is 10.6 Å². The molecule has 2 nitrogen and oxygen atoms in total. The topological polar surface area (TPSA) is 38.9 Å². The van der Waals surface area contributed by atoms with Gasteiger partial charge in [0.05, 0.1) is 11.3 Å². The van der Waals surface area contributed by atoms with Crippen LogP contribution in [0.15, 0.2) is 23.1 Å². The third kappa shape index (κ3) is 2.30. The number of nitrogens with two attached hydrogens (primary N) is 1. The van der Waals surface area contributed by atoms with Gasteiger partial charge in [0, 0.05) is 15.8 Å². The van der Waals surface area contributed by atoms with E-state index < -0.39 is 0 Å². The van der Waals surface area contributed by atoms with Gasteiger partial charge in [-0.2, -0.15) is 0 Å². The summed E-state index contributed by atoms with van der Waals surface area (Å²) in [7, 11) is 0. The summed E-state index contributed by atoms with van der Waals surface area (Å²) in [6.07, 6.45) is 5.05. The number of halogens is 1. The van der Waals surface area contributed by atoms with Gasteiger partial charge in [-0.15, -0.1) is 23.1 Å². The van der Waals surface area contributed by atoms with Crippen LogP contribution >= 0.6 is 23.1 Å². The van der Waals surface area contributed by atoms with Gasteiger partial charge < -0.3 is 5.73 Å². The molecule has 19 heavy (non-hydrogen) atoms. The Morgan fingerprint density at radius 2 is 2.32 bits per heavy atom. The predicted molar refractivity (Wildman–Crippen MR) is 79.2 cm³/mol. The predicted octanol–water partition coefficient (Wildman–Crippen LogP) is 4.01. The number of hydrogen-bond acceptors (Lipinski definition) is 4. The van der Waals surface area contributed by atoms with Crippen molar-refractivity contribution in [2.24, 2.45) is 5.73 Å². The fraction of sp³-hybridized carbons (Fsp3) is 0.357. The van der Waals surface area contributed by atoms with E-state index in [2.05, 4.69) is 4.98 Å². The fourth-order valence-corrected chi connectivity index (χ4v) is 4.35. The molecule has 1 aliphatic rings. The molecule has 1 unspecified atom stereocenters. The monoisotopic (exact) mass is 294 g/mol. The molecular weight excluding hydrogens is 279 g/mol. The Morgan fingerprint density at radius 1 is 1.47 bits per heavy atom. The van der Waals surface area contributed by atoms with E-state index in [1.807, 2.05) is 12.3 Å². The quantitative estimate of drug-likeness (QED) is 0.851. The molecule has 1 aliphatic carbocycles. The van der Waals surface area contributed by atoms with Gasteiger partial charge in [0.2, 0.25) is 0 Å². The lowest BCUT2D eigenvalue weighted by atomic mass is 9.99. The van der Waals surface area contributed by atoms with Gasteiger partial charge in [-0.1, -0.05) is 6.07 Å². The maximum absolute atomic E-state index is 14.1. The molecule has 0 fully saturated rings. The molecule has 0 aliphatic heterocycles. The molecule has 100 valence electrons. The van der Waals surface area contributed by atoms with E-state index in [0.29, 0.717) is 5.56 Å². The van der Waals surface area contributed by atoms with E-state index in [9.17, 15) is 4.39 Å². The van der Waals surface area contributed by atoms with Crippen LogP contribution in [-0.2, 0) is 6.42 Å². The molecule has 0 saturated heterocycles. The lowest BCUT2D eigenvalue weighted by molar-refractivity contribution is 0.563. The highest BCUT2D eigenvalue weighted by Gasteiger charge is 2.24. The van der Waals surface area contributed by atoms with Crippen LogP contribution in [0.5, 0.6) is 0 Å². The largest absolute Gasteiger partial charge is 0.323 e. The van der Waals surface area contributed by atoms with Crippen molar-refractivity contribution in [3.63, 3.8) is 0 Å². The van der Waals surface area contributed by atoms with E-state index >= 15 is 0 Å². The SMILES string of the molecule is CSc1cccc(F)c1-c1nc2c(s1)CCCC2N. The number of benzene rings is 1. The van der Waals surface area contributed by atoms with Crippen LogP contribution in [0, 0.1) is 5.82 Å². The Balaban J connectivity index is 2.13. The van der Waals surface area contributed by atoms with Gasteiger partial charge in [0.15, 0.2) is 0 Å². The summed E-state index contributed by atoms with van der Waals surface area (Å²) in [5, 5.41) is 0.768. The fourth-order valence-electron chi connectivity index (χ4n) is 2.44. The molecule has 1 heterocycles. The summed E-state index contributed by atoms with van der Waals surface area (Å²) in [6.45, 7) is 0. The van der Waals surface area contributed by atoms with Gasteiger partial charge in [0.1, 0.15) is 10.8 Å². The number of nitrogens with zero attached hydrogens (tertiary/aromatic N) is 1. The summed E-state index contributed by atoms with van der Waals surface area (Å²) in [4.78, 5) is 6.77. The second-order valence-electron chi connectivity index (χ2n) is 4.64. The van der Waals surface area contributed by atoms with Crippen molar-refractivity contribution in [3.05, 3.63) is 34.6 Å². The number of hydrogen-bond donors (Lipinski definition) is 1. The van der Waals surface area contributed by atoms with Crippen LogP contribution < -0.4 is 5.73 Å². The lowest BCUT2D eigenvalue weighted by Gasteiger charge is -2.15. The lowest BCUT2D eigenvalue weighted by Crippen LogP contribution is -2.16. The van der Waals surface area contributed by atoms with Crippen LogP contribution in [0.1, 0.15) is 29.5 Å². The van der Waals surface area contributed by atoms with E-state index in [-0.39, 0.29) is 11.9 Å². The van der Waals surface area contributed by atoms with E-state index in [4.69, 9.17) is 5.73 Å². The van der Waals surface area contributed by atoms with E-state index in [0.717, 1.165) is 34.9 Å². The number of fused-ring (bicyclic) bond motifs is 1. The minimum Gasteiger partial charge on any atom is -0.323 e. The average molecular weight is 294 g/mol. The third-order valence-corrected chi connectivity index (χ3v) is 5.34. The summed E-state index contributed by atoms with van der Waals surface area (Å²) >= 11 is 3.14. The molecule has 2 aromatic rings. The van der Waals surface area contributed by atoms with Crippen molar-refractivity contribution in [1.29, 1.82) is 0 Å².